The van der Waals surface area contributed by atoms with Crippen LogP contribution in [0.2, 0.25) is 0 Å². The van der Waals surface area contributed by atoms with E-state index in [0.717, 1.165) is 37.0 Å². The Bertz CT molecular complexity index is 1110. The van der Waals surface area contributed by atoms with Gasteiger partial charge in [-0.05, 0) is 86.4 Å². The molecule has 3 aromatic rings. The molecule has 2 aromatic heterocycles. The van der Waals surface area contributed by atoms with Gasteiger partial charge in [-0.2, -0.15) is 4.80 Å². The van der Waals surface area contributed by atoms with Crippen LogP contribution in [-0.4, -0.2) is 49.4 Å². The SMILES string of the molecule is CCOc1cccc(CNC(=O)c2cc(-c3nnn(CC4CCC(CO)CC4)n3)cc(C)n2)c1. The molecule has 1 amide bonds. The van der Waals surface area contributed by atoms with Crippen molar-refractivity contribution in [1.82, 2.24) is 30.5 Å². The third-order valence-corrected chi connectivity index (χ3v) is 6.21. The van der Waals surface area contributed by atoms with Crippen LogP contribution in [0.25, 0.3) is 11.4 Å². The first-order valence-corrected chi connectivity index (χ1v) is 11.9. The van der Waals surface area contributed by atoms with E-state index in [4.69, 9.17) is 4.74 Å². The van der Waals surface area contributed by atoms with Gasteiger partial charge >= 0.3 is 0 Å². The minimum Gasteiger partial charge on any atom is -0.494 e. The number of pyridine rings is 1. The van der Waals surface area contributed by atoms with Crippen molar-refractivity contribution < 1.29 is 14.6 Å². The lowest BCUT2D eigenvalue weighted by Gasteiger charge is -2.26. The average Bonchev–Trinajstić information content (AvgIpc) is 3.32. The summed E-state index contributed by atoms with van der Waals surface area (Å²) in [6.07, 6.45) is 4.21. The lowest BCUT2D eigenvalue weighted by molar-refractivity contribution is 0.0945. The van der Waals surface area contributed by atoms with Crippen LogP contribution in [0.3, 0.4) is 0 Å². The second-order valence-electron chi connectivity index (χ2n) is 8.88. The van der Waals surface area contributed by atoms with Crippen molar-refractivity contribution in [2.75, 3.05) is 13.2 Å². The maximum atomic E-state index is 12.8. The van der Waals surface area contributed by atoms with Gasteiger partial charge < -0.3 is 15.2 Å². The monoisotopic (exact) mass is 464 g/mol. The van der Waals surface area contributed by atoms with Crippen molar-refractivity contribution in [3.63, 3.8) is 0 Å². The summed E-state index contributed by atoms with van der Waals surface area (Å²) < 4.78 is 5.52. The van der Waals surface area contributed by atoms with Gasteiger partial charge in [-0.25, -0.2) is 4.98 Å². The van der Waals surface area contributed by atoms with Crippen LogP contribution in [0.4, 0.5) is 0 Å². The number of hydrogen-bond donors (Lipinski definition) is 2. The Kier molecular flexibility index (Phi) is 7.84. The van der Waals surface area contributed by atoms with Crippen molar-refractivity contribution in [1.29, 1.82) is 0 Å². The molecule has 9 heteroatoms. The second kappa shape index (κ2) is 11.2. The molecular formula is C25H32N6O3. The molecule has 1 saturated carbocycles. The lowest BCUT2D eigenvalue weighted by Crippen LogP contribution is -2.24. The molecule has 1 aromatic carbocycles. The number of aryl methyl sites for hydroxylation is 1. The number of nitrogens with zero attached hydrogens (tertiary/aromatic N) is 5. The number of aliphatic hydroxyl groups is 1. The van der Waals surface area contributed by atoms with Gasteiger partial charge in [-0.15, -0.1) is 10.2 Å². The summed E-state index contributed by atoms with van der Waals surface area (Å²) in [5.41, 5.74) is 2.69. The first-order chi connectivity index (χ1) is 16.5. The van der Waals surface area contributed by atoms with E-state index in [2.05, 4.69) is 25.7 Å². The molecule has 0 atom stereocenters. The Morgan fingerprint density at radius 3 is 2.74 bits per heavy atom. The summed E-state index contributed by atoms with van der Waals surface area (Å²) in [5, 5.41) is 25.2. The van der Waals surface area contributed by atoms with E-state index in [0.29, 0.717) is 54.3 Å². The summed E-state index contributed by atoms with van der Waals surface area (Å²) in [7, 11) is 0. The zero-order valence-electron chi connectivity index (χ0n) is 19.8. The Morgan fingerprint density at radius 1 is 1.18 bits per heavy atom. The second-order valence-corrected chi connectivity index (χ2v) is 8.88. The molecule has 9 nitrogen and oxygen atoms in total. The molecule has 4 rings (SSSR count). The highest BCUT2D eigenvalue weighted by Crippen LogP contribution is 2.29. The summed E-state index contributed by atoms with van der Waals surface area (Å²) in [4.78, 5) is 18.8. The number of amides is 1. The number of rotatable bonds is 9. The van der Waals surface area contributed by atoms with Gasteiger partial charge in [0.05, 0.1) is 13.2 Å². The Labute approximate surface area is 199 Å². The molecule has 0 unspecified atom stereocenters. The number of tetrazole rings is 1. The van der Waals surface area contributed by atoms with E-state index in [1.165, 1.54) is 0 Å². The smallest absolute Gasteiger partial charge is 0.270 e. The molecule has 1 aliphatic carbocycles. The van der Waals surface area contributed by atoms with Gasteiger partial charge in [-0.1, -0.05) is 12.1 Å². The van der Waals surface area contributed by atoms with Crippen LogP contribution in [0.5, 0.6) is 5.75 Å². The Morgan fingerprint density at radius 2 is 1.97 bits per heavy atom. The normalized spacial score (nSPS) is 18.0. The zero-order chi connectivity index (χ0) is 23.9. The van der Waals surface area contributed by atoms with Gasteiger partial charge in [0.25, 0.3) is 5.91 Å². The van der Waals surface area contributed by atoms with Gasteiger partial charge in [-0.3, -0.25) is 4.79 Å². The molecule has 1 aliphatic rings. The van der Waals surface area contributed by atoms with E-state index in [1.807, 2.05) is 44.2 Å². The van der Waals surface area contributed by atoms with Crippen molar-refractivity contribution >= 4 is 5.91 Å². The standard InChI is InChI=1S/C25H32N6O3/c1-3-34-22-6-4-5-20(12-22)14-26-25(33)23-13-21(11-17(2)27-23)24-28-30-31(29-24)15-18-7-9-19(16-32)10-8-18/h4-6,11-13,18-19,32H,3,7-10,14-16H2,1-2H3,(H,26,33). The Hall–Kier alpha value is -3.33. The number of carbonyl (C=O) groups excluding carboxylic acids is 1. The summed E-state index contributed by atoms with van der Waals surface area (Å²) >= 11 is 0. The maximum Gasteiger partial charge on any atom is 0.270 e. The van der Waals surface area contributed by atoms with Crippen molar-refractivity contribution in [2.45, 2.75) is 52.6 Å². The topological polar surface area (TPSA) is 115 Å². The minimum absolute atomic E-state index is 0.264. The molecule has 0 spiro atoms. The van der Waals surface area contributed by atoms with Crippen molar-refractivity contribution in [3.05, 3.63) is 53.3 Å². The van der Waals surface area contributed by atoms with Crippen LogP contribution in [0.1, 0.15) is 54.4 Å². The molecule has 180 valence electrons. The van der Waals surface area contributed by atoms with Crippen LogP contribution in [0.15, 0.2) is 36.4 Å². The fourth-order valence-electron chi connectivity index (χ4n) is 4.36. The first-order valence-electron chi connectivity index (χ1n) is 11.9. The molecule has 2 heterocycles. The van der Waals surface area contributed by atoms with E-state index in [-0.39, 0.29) is 12.5 Å². The van der Waals surface area contributed by atoms with E-state index in [9.17, 15) is 9.90 Å². The van der Waals surface area contributed by atoms with E-state index in [1.54, 1.807) is 10.9 Å². The van der Waals surface area contributed by atoms with Gasteiger partial charge in [0.1, 0.15) is 11.4 Å². The molecule has 0 aliphatic heterocycles. The van der Waals surface area contributed by atoms with E-state index < -0.39 is 0 Å². The molecule has 2 N–H and O–H groups in total. The Balaban J connectivity index is 1.40. The fourth-order valence-corrected chi connectivity index (χ4v) is 4.36. The molecule has 1 fully saturated rings. The summed E-state index contributed by atoms with van der Waals surface area (Å²) in [6.45, 7) is 5.73. The highest BCUT2D eigenvalue weighted by molar-refractivity contribution is 5.93. The first kappa shape index (κ1) is 23.8. The molecular weight excluding hydrogens is 432 g/mol. The number of benzene rings is 1. The predicted octanol–water partition coefficient (Wildman–Crippen LogP) is 3.17. The minimum atomic E-state index is -0.264. The van der Waals surface area contributed by atoms with Crippen LogP contribution >= 0.6 is 0 Å². The molecule has 0 radical (unpaired) electrons. The predicted molar refractivity (Wildman–Crippen MR) is 127 cm³/mol. The quantitative estimate of drug-likeness (QED) is 0.500. The van der Waals surface area contributed by atoms with Crippen molar-refractivity contribution in [2.24, 2.45) is 11.8 Å². The number of carbonyl (C=O) groups is 1. The summed E-state index contributed by atoms with van der Waals surface area (Å²) in [5.74, 6) is 1.91. The third-order valence-electron chi connectivity index (χ3n) is 6.21. The van der Waals surface area contributed by atoms with Crippen molar-refractivity contribution in [3.8, 4) is 17.1 Å². The summed E-state index contributed by atoms with van der Waals surface area (Å²) in [6, 6.07) is 11.2. The number of hydrogen-bond acceptors (Lipinski definition) is 7. The number of ether oxygens (including phenoxy) is 1. The van der Waals surface area contributed by atoms with E-state index >= 15 is 0 Å². The highest BCUT2D eigenvalue weighted by Gasteiger charge is 2.22. The molecule has 34 heavy (non-hydrogen) atoms. The molecule has 0 saturated heterocycles. The zero-order valence-corrected chi connectivity index (χ0v) is 19.8. The molecule has 0 bridgehead atoms. The van der Waals surface area contributed by atoms with Gasteiger partial charge in [0, 0.05) is 24.4 Å². The largest absolute Gasteiger partial charge is 0.494 e. The van der Waals surface area contributed by atoms with Crippen LogP contribution in [-0.2, 0) is 13.1 Å². The number of aromatic nitrogens is 5. The maximum absolute atomic E-state index is 12.8. The average molecular weight is 465 g/mol. The fraction of sp³-hybridized carbons (Fsp3) is 0.480. The van der Waals surface area contributed by atoms with Crippen LogP contribution < -0.4 is 10.1 Å². The van der Waals surface area contributed by atoms with Gasteiger partial charge in [0.2, 0.25) is 5.82 Å². The highest BCUT2D eigenvalue weighted by atomic mass is 16.5. The van der Waals surface area contributed by atoms with Gasteiger partial charge in [0.15, 0.2) is 0 Å². The number of nitrogens with one attached hydrogen (secondary N) is 1. The van der Waals surface area contributed by atoms with Crippen LogP contribution in [0, 0.1) is 18.8 Å². The lowest BCUT2D eigenvalue weighted by atomic mass is 9.82. The third kappa shape index (κ3) is 6.17. The number of aliphatic hydroxyl groups excluding tert-OH is 1.